The van der Waals surface area contributed by atoms with E-state index in [0.29, 0.717) is 11.3 Å². The number of esters is 1. The molecular formula is C18H15NO6. The molecule has 7 nitrogen and oxygen atoms in total. The molecule has 1 N–H and O–H groups in total. The summed E-state index contributed by atoms with van der Waals surface area (Å²) in [5.74, 6) is -1.17. The number of methoxy groups -OCH3 is 1. The Morgan fingerprint density at radius 1 is 1.08 bits per heavy atom. The van der Waals surface area contributed by atoms with Gasteiger partial charge >= 0.3 is 17.7 Å². The maximum absolute atomic E-state index is 12.6. The Bertz CT molecular complexity index is 802. The van der Waals surface area contributed by atoms with Crippen LogP contribution >= 0.6 is 0 Å². The summed E-state index contributed by atoms with van der Waals surface area (Å²) in [6.45, 7) is -0.0811. The number of cyclic esters (lactones) is 1. The van der Waals surface area contributed by atoms with E-state index in [2.05, 4.69) is 0 Å². The molecule has 1 heterocycles. The second kappa shape index (κ2) is 6.64. The molecule has 3 rings (SSSR count). The van der Waals surface area contributed by atoms with Crippen LogP contribution in [0.3, 0.4) is 0 Å². The number of nitrogens with one attached hydrogen (secondary N) is 1. The van der Waals surface area contributed by atoms with Gasteiger partial charge in [0.1, 0.15) is 12.4 Å². The van der Waals surface area contributed by atoms with Crippen molar-refractivity contribution >= 4 is 18.0 Å². The van der Waals surface area contributed by atoms with Crippen molar-refractivity contribution in [2.24, 2.45) is 0 Å². The van der Waals surface area contributed by atoms with Gasteiger partial charge in [-0.1, -0.05) is 42.5 Å². The van der Waals surface area contributed by atoms with E-state index >= 15 is 0 Å². The first kappa shape index (κ1) is 16.5. The lowest BCUT2D eigenvalue weighted by molar-refractivity contribution is -0.169. The van der Waals surface area contributed by atoms with Gasteiger partial charge in [-0.05, 0) is 17.7 Å². The fourth-order valence-corrected chi connectivity index (χ4v) is 2.48. The highest BCUT2D eigenvalue weighted by atomic mass is 16.6. The highest BCUT2D eigenvalue weighted by Gasteiger charge is 2.58. The number of carbonyl (C=O) groups is 3. The number of alkyl carbamates (subject to hydrolysis) is 1. The summed E-state index contributed by atoms with van der Waals surface area (Å²) >= 11 is 0. The molecule has 0 aliphatic carbocycles. The van der Waals surface area contributed by atoms with E-state index in [9.17, 15) is 14.4 Å². The number of amides is 2. The molecule has 1 atom stereocenters. The summed E-state index contributed by atoms with van der Waals surface area (Å²) in [7, 11) is 1.55. The first-order valence-corrected chi connectivity index (χ1v) is 7.46. The molecule has 0 saturated carbocycles. The van der Waals surface area contributed by atoms with Crippen molar-refractivity contribution in [1.29, 1.82) is 0 Å². The lowest BCUT2D eigenvalue weighted by Crippen LogP contribution is -2.45. The third-order valence-electron chi connectivity index (χ3n) is 3.78. The van der Waals surface area contributed by atoms with Crippen LogP contribution in [0.2, 0.25) is 0 Å². The van der Waals surface area contributed by atoms with E-state index in [1.54, 1.807) is 49.6 Å². The molecule has 7 heteroatoms. The van der Waals surface area contributed by atoms with E-state index in [-0.39, 0.29) is 12.2 Å². The summed E-state index contributed by atoms with van der Waals surface area (Å²) < 4.78 is 15.3. The van der Waals surface area contributed by atoms with Gasteiger partial charge in [0.05, 0.1) is 7.11 Å². The average molecular weight is 341 g/mol. The monoisotopic (exact) mass is 341 g/mol. The highest BCUT2D eigenvalue weighted by molar-refractivity contribution is 6.15. The van der Waals surface area contributed by atoms with Crippen LogP contribution in [0.4, 0.5) is 4.79 Å². The van der Waals surface area contributed by atoms with Gasteiger partial charge in [0.25, 0.3) is 5.91 Å². The lowest BCUT2D eigenvalue weighted by Gasteiger charge is -2.22. The Labute approximate surface area is 143 Å². The molecule has 25 heavy (non-hydrogen) atoms. The summed E-state index contributed by atoms with van der Waals surface area (Å²) in [6, 6.07) is 14.9. The Kier molecular flexibility index (Phi) is 4.38. The van der Waals surface area contributed by atoms with Gasteiger partial charge in [0.15, 0.2) is 0 Å². The zero-order valence-electron chi connectivity index (χ0n) is 13.4. The maximum Gasteiger partial charge on any atom is 0.416 e. The third-order valence-corrected chi connectivity index (χ3v) is 3.78. The SMILES string of the molecule is COc1ccc(COC(=O)C2(c3ccccc3)OC(=O)NC2=O)cc1. The average Bonchev–Trinajstić information content (AvgIpc) is 2.96. The second-order valence-electron chi connectivity index (χ2n) is 5.32. The molecule has 2 aromatic carbocycles. The Hall–Kier alpha value is -3.35. The van der Waals surface area contributed by atoms with Gasteiger partial charge in [-0.3, -0.25) is 10.1 Å². The number of imide groups is 1. The molecule has 0 spiro atoms. The number of hydrogen-bond acceptors (Lipinski definition) is 6. The molecule has 1 aliphatic heterocycles. The van der Waals surface area contributed by atoms with Crippen LogP contribution < -0.4 is 10.1 Å². The van der Waals surface area contributed by atoms with Crippen molar-refractivity contribution in [3.63, 3.8) is 0 Å². The van der Waals surface area contributed by atoms with Crippen LogP contribution in [0.15, 0.2) is 54.6 Å². The summed E-state index contributed by atoms with van der Waals surface area (Å²) in [5, 5.41) is 1.98. The smallest absolute Gasteiger partial charge is 0.416 e. The highest BCUT2D eigenvalue weighted by Crippen LogP contribution is 2.32. The Morgan fingerprint density at radius 2 is 1.76 bits per heavy atom. The van der Waals surface area contributed by atoms with Gasteiger partial charge in [0, 0.05) is 5.56 Å². The predicted molar refractivity (Wildman–Crippen MR) is 85.5 cm³/mol. The van der Waals surface area contributed by atoms with Gasteiger partial charge in [-0.2, -0.15) is 0 Å². The molecule has 0 aromatic heterocycles. The number of carbonyl (C=O) groups excluding carboxylic acids is 3. The van der Waals surface area contributed by atoms with E-state index < -0.39 is 23.6 Å². The van der Waals surface area contributed by atoms with Gasteiger partial charge in [-0.25, -0.2) is 9.59 Å². The van der Waals surface area contributed by atoms with Crippen LogP contribution in [-0.2, 0) is 31.3 Å². The number of rotatable bonds is 5. The van der Waals surface area contributed by atoms with Crippen LogP contribution in [0, 0.1) is 0 Å². The van der Waals surface area contributed by atoms with Crippen molar-refractivity contribution in [3.8, 4) is 5.75 Å². The Morgan fingerprint density at radius 3 is 2.32 bits per heavy atom. The van der Waals surface area contributed by atoms with E-state index in [0.717, 1.165) is 0 Å². The minimum atomic E-state index is -2.13. The third kappa shape index (κ3) is 3.03. The van der Waals surface area contributed by atoms with Crippen LogP contribution in [0.5, 0.6) is 5.75 Å². The molecule has 1 unspecified atom stereocenters. The summed E-state index contributed by atoms with van der Waals surface area (Å²) in [6.07, 6.45) is -0.991. The van der Waals surface area contributed by atoms with Gasteiger partial charge in [0.2, 0.25) is 0 Å². The van der Waals surface area contributed by atoms with Gasteiger partial charge < -0.3 is 14.2 Å². The molecule has 2 aromatic rings. The minimum absolute atomic E-state index is 0.0811. The zero-order chi connectivity index (χ0) is 17.9. The maximum atomic E-state index is 12.6. The van der Waals surface area contributed by atoms with Crippen molar-refractivity contribution in [3.05, 3.63) is 65.7 Å². The van der Waals surface area contributed by atoms with Crippen molar-refractivity contribution in [1.82, 2.24) is 5.32 Å². The van der Waals surface area contributed by atoms with E-state index in [1.807, 2.05) is 5.32 Å². The largest absolute Gasteiger partial charge is 0.497 e. The standard InChI is InChI=1S/C18H15NO6/c1-23-14-9-7-12(8-10-14)11-24-16(21)18(13-5-3-2-4-6-13)15(20)19-17(22)25-18/h2-10H,11H2,1H3,(H,19,20,22). The zero-order valence-corrected chi connectivity index (χ0v) is 13.4. The van der Waals surface area contributed by atoms with E-state index in [4.69, 9.17) is 14.2 Å². The van der Waals surface area contributed by atoms with Crippen LogP contribution in [0.1, 0.15) is 11.1 Å². The van der Waals surface area contributed by atoms with Crippen molar-refractivity contribution < 1.29 is 28.6 Å². The predicted octanol–water partition coefficient (Wildman–Crippen LogP) is 1.90. The normalized spacial score (nSPS) is 19.1. The Balaban J connectivity index is 1.83. The number of ether oxygens (including phenoxy) is 3. The van der Waals surface area contributed by atoms with E-state index in [1.165, 1.54) is 12.1 Å². The number of hydrogen-bond donors (Lipinski definition) is 1. The molecule has 2 amide bonds. The van der Waals surface area contributed by atoms with Crippen molar-refractivity contribution in [2.75, 3.05) is 7.11 Å². The second-order valence-corrected chi connectivity index (χ2v) is 5.32. The molecule has 0 radical (unpaired) electrons. The fourth-order valence-electron chi connectivity index (χ4n) is 2.48. The summed E-state index contributed by atoms with van der Waals surface area (Å²) in [4.78, 5) is 36.4. The first-order valence-electron chi connectivity index (χ1n) is 7.46. The molecule has 1 saturated heterocycles. The minimum Gasteiger partial charge on any atom is -0.497 e. The molecular weight excluding hydrogens is 326 g/mol. The number of benzene rings is 2. The summed E-state index contributed by atoms with van der Waals surface area (Å²) in [5.41, 5.74) is -1.22. The van der Waals surface area contributed by atoms with Crippen LogP contribution in [-0.4, -0.2) is 25.1 Å². The molecule has 1 fully saturated rings. The lowest BCUT2D eigenvalue weighted by atomic mass is 9.93. The molecule has 0 bridgehead atoms. The fraction of sp³-hybridized carbons (Fsp3) is 0.167. The first-order chi connectivity index (χ1) is 12.1. The van der Waals surface area contributed by atoms with Gasteiger partial charge in [-0.15, -0.1) is 0 Å². The van der Waals surface area contributed by atoms with Crippen LogP contribution in [0.25, 0.3) is 0 Å². The quantitative estimate of drug-likeness (QED) is 0.660. The topological polar surface area (TPSA) is 90.9 Å². The molecule has 1 aliphatic rings. The molecule has 128 valence electrons. The van der Waals surface area contributed by atoms with Crippen molar-refractivity contribution in [2.45, 2.75) is 12.2 Å².